The zero-order valence-electron chi connectivity index (χ0n) is 21.2. The molecule has 2 aromatic carbocycles. The van der Waals surface area contributed by atoms with Crippen LogP contribution in [0.2, 0.25) is 0 Å². The fourth-order valence-electron chi connectivity index (χ4n) is 3.08. The third kappa shape index (κ3) is 10.1. The highest BCUT2D eigenvalue weighted by atomic mass is 19.4. The molecule has 0 radical (unpaired) electrons. The lowest BCUT2D eigenvalue weighted by Crippen LogP contribution is -2.36. The summed E-state index contributed by atoms with van der Waals surface area (Å²) in [7, 11) is 0. The number of carbonyl (C=O) groups is 2. The Morgan fingerprint density at radius 3 is 1.69 bits per heavy atom. The predicted octanol–water partition coefficient (Wildman–Crippen LogP) is 7.72. The SMILES string of the molecule is O=C(O)/C=C/c1ccc(OC(=O)c2ccc(OCCCC(F)(F)C(F)(F)F)c(OCCCC(F)(F)C(F)(F)F)c2)cc1. The molecule has 0 unspecified atom stereocenters. The van der Waals surface area contributed by atoms with Gasteiger partial charge < -0.3 is 19.3 Å². The summed E-state index contributed by atoms with van der Waals surface area (Å²) in [6.07, 6.45) is -14.3. The van der Waals surface area contributed by atoms with Gasteiger partial charge in [-0.05, 0) is 54.8 Å². The number of alkyl halides is 10. The van der Waals surface area contributed by atoms with Crippen molar-refractivity contribution in [1.82, 2.24) is 0 Å². The van der Waals surface area contributed by atoms with Crippen LogP contribution in [0.4, 0.5) is 43.9 Å². The van der Waals surface area contributed by atoms with Crippen LogP contribution < -0.4 is 14.2 Å². The second-order valence-electron chi connectivity index (χ2n) is 8.60. The van der Waals surface area contributed by atoms with E-state index in [0.717, 1.165) is 24.3 Å². The molecule has 0 saturated heterocycles. The first-order chi connectivity index (χ1) is 19.3. The molecule has 0 amide bonds. The number of rotatable bonds is 14. The van der Waals surface area contributed by atoms with Gasteiger partial charge >= 0.3 is 36.1 Å². The van der Waals surface area contributed by atoms with Gasteiger partial charge in [-0.2, -0.15) is 43.9 Å². The van der Waals surface area contributed by atoms with Crippen molar-refractivity contribution in [3.63, 3.8) is 0 Å². The average Bonchev–Trinajstić information content (AvgIpc) is 2.87. The number of hydrogen-bond donors (Lipinski definition) is 1. The van der Waals surface area contributed by atoms with E-state index in [9.17, 15) is 53.5 Å². The van der Waals surface area contributed by atoms with Gasteiger partial charge in [0.2, 0.25) is 0 Å². The summed E-state index contributed by atoms with van der Waals surface area (Å²) in [6.45, 7) is -1.43. The van der Waals surface area contributed by atoms with Crippen molar-refractivity contribution in [3.05, 3.63) is 59.7 Å². The molecular formula is C26H22F10O6. The minimum Gasteiger partial charge on any atom is -0.490 e. The summed E-state index contributed by atoms with van der Waals surface area (Å²) in [5, 5.41) is 8.65. The number of esters is 1. The van der Waals surface area contributed by atoms with E-state index >= 15 is 0 Å². The number of carbonyl (C=O) groups excluding carboxylic acids is 1. The normalized spacial score (nSPS) is 12.8. The maximum atomic E-state index is 13.2. The second kappa shape index (κ2) is 13.8. The van der Waals surface area contributed by atoms with Gasteiger partial charge in [-0.1, -0.05) is 12.1 Å². The maximum Gasteiger partial charge on any atom is 0.453 e. The van der Waals surface area contributed by atoms with Gasteiger partial charge in [-0.25, -0.2) is 9.59 Å². The van der Waals surface area contributed by atoms with Crippen molar-refractivity contribution >= 4 is 18.0 Å². The van der Waals surface area contributed by atoms with Gasteiger partial charge in [0.25, 0.3) is 0 Å². The Morgan fingerprint density at radius 2 is 1.21 bits per heavy atom. The molecule has 2 aromatic rings. The number of benzene rings is 2. The first-order valence-electron chi connectivity index (χ1n) is 11.8. The fourth-order valence-corrected chi connectivity index (χ4v) is 3.08. The van der Waals surface area contributed by atoms with Gasteiger partial charge in [0.05, 0.1) is 18.8 Å². The van der Waals surface area contributed by atoms with Crippen LogP contribution in [0, 0.1) is 0 Å². The minimum atomic E-state index is -5.80. The monoisotopic (exact) mass is 620 g/mol. The highest BCUT2D eigenvalue weighted by Gasteiger charge is 2.57. The highest BCUT2D eigenvalue weighted by Crippen LogP contribution is 2.40. The topological polar surface area (TPSA) is 82.1 Å². The molecule has 42 heavy (non-hydrogen) atoms. The smallest absolute Gasteiger partial charge is 0.453 e. The Bertz CT molecular complexity index is 1240. The van der Waals surface area contributed by atoms with Crippen molar-refractivity contribution in [2.24, 2.45) is 0 Å². The molecule has 1 N–H and O–H groups in total. The van der Waals surface area contributed by atoms with Crippen LogP contribution in [-0.4, -0.2) is 54.5 Å². The molecule has 0 aromatic heterocycles. The van der Waals surface area contributed by atoms with Crippen LogP contribution in [0.1, 0.15) is 41.6 Å². The average molecular weight is 620 g/mol. The summed E-state index contributed by atoms with van der Waals surface area (Å²) < 4.78 is 142. The molecule has 0 aliphatic rings. The van der Waals surface area contributed by atoms with E-state index in [1.165, 1.54) is 30.3 Å². The van der Waals surface area contributed by atoms with Crippen molar-refractivity contribution in [2.45, 2.75) is 49.9 Å². The second-order valence-corrected chi connectivity index (χ2v) is 8.60. The fraction of sp³-hybridized carbons (Fsp3) is 0.385. The minimum absolute atomic E-state index is 0.00949. The van der Waals surface area contributed by atoms with Gasteiger partial charge in [0.15, 0.2) is 11.5 Å². The van der Waals surface area contributed by atoms with E-state index in [-0.39, 0.29) is 17.1 Å². The molecule has 6 nitrogen and oxygen atoms in total. The van der Waals surface area contributed by atoms with E-state index in [1.54, 1.807) is 0 Å². The zero-order valence-corrected chi connectivity index (χ0v) is 21.2. The number of hydrogen-bond acceptors (Lipinski definition) is 5. The Labute approximate surface area is 231 Å². The predicted molar refractivity (Wildman–Crippen MR) is 126 cm³/mol. The molecule has 0 aliphatic heterocycles. The van der Waals surface area contributed by atoms with E-state index in [1.807, 2.05) is 0 Å². The molecule has 0 fully saturated rings. The van der Waals surface area contributed by atoms with Gasteiger partial charge in [-0.15, -0.1) is 0 Å². The van der Waals surface area contributed by atoms with Gasteiger partial charge in [0, 0.05) is 18.9 Å². The molecule has 0 aliphatic carbocycles. The van der Waals surface area contributed by atoms with E-state index in [4.69, 9.17) is 19.3 Å². The van der Waals surface area contributed by atoms with Crippen LogP contribution in [-0.2, 0) is 4.79 Å². The number of ether oxygens (including phenoxy) is 3. The maximum absolute atomic E-state index is 13.2. The van der Waals surface area contributed by atoms with Crippen LogP contribution in [0.5, 0.6) is 17.2 Å². The molecular weight excluding hydrogens is 598 g/mol. The van der Waals surface area contributed by atoms with Crippen molar-refractivity contribution in [2.75, 3.05) is 13.2 Å². The molecule has 0 bridgehead atoms. The molecule has 16 heteroatoms. The van der Waals surface area contributed by atoms with Crippen LogP contribution in [0.3, 0.4) is 0 Å². The van der Waals surface area contributed by atoms with E-state index < -0.39 is 80.8 Å². The lowest BCUT2D eigenvalue weighted by atomic mass is 10.1. The molecule has 0 heterocycles. The number of aliphatic carboxylic acids is 1. The molecule has 0 spiro atoms. The van der Waals surface area contributed by atoms with Crippen LogP contribution >= 0.6 is 0 Å². The summed E-state index contributed by atoms with van der Waals surface area (Å²) in [5.74, 6) is -12.9. The molecule has 0 atom stereocenters. The quantitative estimate of drug-likeness (QED) is 0.0766. The Kier molecular flexibility index (Phi) is 11.2. The van der Waals surface area contributed by atoms with Crippen molar-refractivity contribution < 1.29 is 72.8 Å². The number of halogens is 10. The Balaban J connectivity index is 2.14. The van der Waals surface area contributed by atoms with E-state index in [0.29, 0.717) is 5.56 Å². The van der Waals surface area contributed by atoms with Gasteiger partial charge in [0.1, 0.15) is 5.75 Å². The lowest BCUT2D eigenvalue weighted by Gasteiger charge is -2.20. The third-order valence-electron chi connectivity index (χ3n) is 5.30. The largest absolute Gasteiger partial charge is 0.490 e. The Morgan fingerprint density at radius 1 is 0.714 bits per heavy atom. The lowest BCUT2D eigenvalue weighted by molar-refractivity contribution is -0.284. The molecule has 232 valence electrons. The summed E-state index contributed by atoms with van der Waals surface area (Å²) in [6, 6.07) is 8.58. The third-order valence-corrected chi connectivity index (χ3v) is 5.30. The van der Waals surface area contributed by atoms with Crippen molar-refractivity contribution in [3.8, 4) is 17.2 Å². The van der Waals surface area contributed by atoms with Crippen LogP contribution in [0.15, 0.2) is 48.5 Å². The van der Waals surface area contributed by atoms with Crippen LogP contribution in [0.25, 0.3) is 6.08 Å². The highest BCUT2D eigenvalue weighted by molar-refractivity contribution is 5.92. The van der Waals surface area contributed by atoms with Gasteiger partial charge in [-0.3, -0.25) is 0 Å². The standard InChI is InChI=1S/C26H22F10O6/c27-23(28,25(31,32)33)11-1-13-40-19-9-6-17(15-20(19)41-14-2-12-24(29,30)26(34,35)36)22(39)42-18-7-3-16(4-8-18)5-10-21(37)38/h3-10,15H,1-2,11-14H2,(H,37,38)/b10-5+. The van der Waals surface area contributed by atoms with Crippen molar-refractivity contribution in [1.29, 1.82) is 0 Å². The first kappa shape index (κ1) is 34.2. The zero-order chi connectivity index (χ0) is 31.8. The summed E-state index contributed by atoms with van der Waals surface area (Å²) in [5.41, 5.74) is 0.218. The molecule has 0 saturated carbocycles. The molecule has 2 rings (SSSR count). The number of carboxylic acids is 1. The number of carboxylic acid groups (broad SMARTS) is 1. The summed E-state index contributed by atoms with van der Waals surface area (Å²) >= 11 is 0. The first-order valence-corrected chi connectivity index (χ1v) is 11.8. The summed E-state index contributed by atoms with van der Waals surface area (Å²) in [4.78, 5) is 23.2. The van der Waals surface area contributed by atoms with E-state index in [2.05, 4.69) is 0 Å². The Hall–Kier alpha value is -3.98.